The number of nitrogens with zero attached hydrogens (tertiary/aromatic N) is 1. The van der Waals surface area contributed by atoms with Gasteiger partial charge in [-0.1, -0.05) is 30.1 Å². The van der Waals surface area contributed by atoms with E-state index >= 15 is 0 Å². The molecule has 0 aromatic carbocycles. The SMILES string of the molecule is CCCOCC[C@H](NC(=O)CCl)C(=O)OCc1cc(Cl)nc(Cl)c1. The second kappa shape index (κ2) is 11.5. The molecule has 0 bridgehead atoms. The second-order valence-electron chi connectivity index (χ2n) is 4.88. The van der Waals surface area contributed by atoms with E-state index in [0.717, 1.165) is 6.42 Å². The Bertz CT molecular complexity index is 537. The van der Waals surface area contributed by atoms with Gasteiger partial charge in [0.2, 0.25) is 5.91 Å². The summed E-state index contributed by atoms with van der Waals surface area (Å²) in [5.74, 6) is -1.28. The van der Waals surface area contributed by atoms with Crippen LogP contribution in [0.15, 0.2) is 12.1 Å². The smallest absolute Gasteiger partial charge is 0.329 e. The minimum absolute atomic E-state index is 0.0378. The van der Waals surface area contributed by atoms with Gasteiger partial charge in [0.05, 0.1) is 0 Å². The lowest BCUT2D eigenvalue weighted by molar-refractivity contribution is -0.149. The van der Waals surface area contributed by atoms with Crippen LogP contribution in [-0.4, -0.2) is 42.0 Å². The molecule has 1 rings (SSSR count). The monoisotopic (exact) mass is 396 g/mol. The van der Waals surface area contributed by atoms with Crippen LogP contribution in [0.3, 0.4) is 0 Å². The molecule has 0 aliphatic heterocycles. The molecule has 1 heterocycles. The van der Waals surface area contributed by atoms with E-state index in [9.17, 15) is 9.59 Å². The lowest BCUT2D eigenvalue weighted by atomic mass is 10.2. The van der Waals surface area contributed by atoms with Crippen LogP contribution in [0.25, 0.3) is 0 Å². The highest BCUT2D eigenvalue weighted by Crippen LogP contribution is 2.15. The van der Waals surface area contributed by atoms with Crippen LogP contribution >= 0.6 is 34.8 Å². The maximum absolute atomic E-state index is 12.2. The summed E-state index contributed by atoms with van der Waals surface area (Å²) in [6, 6.07) is 2.25. The Morgan fingerprint density at radius 3 is 2.50 bits per heavy atom. The third-order valence-corrected chi connectivity index (χ3v) is 3.47. The van der Waals surface area contributed by atoms with E-state index in [1.807, 2.05) is 6.92 Å². The first-order chi connectivity index (χ1) is 11.5. The number of alkyl halides is 1. The van der Waals surface area contributed by atoms with Gasteiger partial charge in [0.25, 0.3) is 0 Å². The molecule has 6 nitrogen and oxygen atoms in total. The molecular formula is C15H19Cl3N2O4. The maximum atomic E-state index is 12.2. The quantitative estimate of drug-likeness (QED) is 0.284. The number of rotatable bonds is 10. The Balaban J connectivity index is 2.59. The Kier molecular flexibility index (Phi) is 10.0. The summed E-state index contributed by atoms with van der Waals surface area (Å²) in [7, 11) is 0. The molecule has 0 unspecified atom stereocenters. The minimum atomic E-state index is -0.833. The molecule has 1 aromatic heterocycles. The normalized spacial score (nSPS) is 11.8. The van der Waals surface area contributed by atoms with Crippen LogP contribution in [0.1, 0.15) is 25.3 Å². The fourth-order valence-corrected chi connectivity index (χ4v) is 2.36. The predicted molar refractivity (Wildman–Crippen MR) is 92.4 cm³/mol. The van der Waals surface area contributed by atoms with Crippen molar-refractivity contribution in [3.05, 3.63) is 28.0 Å². The van der Waals surface area contributed by atoms with Crippen molar-refractivity contribution in [1.82, 2.24) is 10.3 Å². The zero-order valence-corrected chi connectivity index (χ0v) is 15.5. The molecule has 1 atom stereocenters. The number of carbonyl (C=O) groups excluding carboxylic acids is 2. The number of amides is 1. The summed E-state index contributed by atoms with van der Waals surface area (Å²) >= 11 is 17.0. The Hall–Kier alpha value is -1.08. The number of carbonyl (C=O) groups is 2. The number of aromatic nitrogens is 1. The van der Waals surface area contributed by atoms with Crippen molar-refractivity contribution in [1.29, 1.82) is 0 Å². The number of pyridine rings is 1. The molecule has 0 saturated heterocycles. The number of hydrogen-bond acceptors (Lipinski definition) is 5. The summed E-state index contributed by atoms with van der Waals surface area (Å²) in [4.78, 5) is 27.4. The van der Waals surface area contributed by atoms with Gasteiger partial charge in [0, 0.05) is 19.6 Å². The van der Waals surface area contributed by atoms with Crippen molar-refractivity contribution in [2.75, 3.05) is 19.1 Å². The predicted octanol–water partition coefficient (Wildman–Crippen LogP) is 2.97. The summed E-state index contributed by atoms with van der Waals surface area (Å²) < 4.78 is 10.5. The fraction of sp³-hybridized carbons (Fsp3) is 0.533. The standard InChI is InChI=1S/C15H19Cl3N2O4/c1-2-4-23-5-3-11(19-14(21)8-16)15(22)24-9-10-6-12(17)20-13(18)7-10/h6-7,11H,2-5,8-9H2,1H3,(H,19,21)/t11-/m0/s1. The Labute approximate surface area is 155 Å². The third kappa shape index (κ3) is 8.15. The Morgan fingerprint density at radius 2 is 1.92 bits per heavy atom. The molecule has 0 spiro atoms. The lowest BCUT2D eigenvalue weighted by Crippen LogP contribution is -2.43. The Morgan fingerprint density at radius 1 is 1.25 bits per heavy atom. The van der Waals surface area contributed by atoms with E-state index in [-0.39, 0.29) is 22.8 Å². The molecule has 1 aromatic rings. The van der Waals surface area contributed by atoms with Crippen LogP contribution in [0.4, 0.5) is 0 Å². The van der Waals surface area contributed by atoms with E-state index in [4.69, 9.17) is 44.3 Å². The maximum Gasteiger partial charge on any atom is 0.329 e. The summed E-state index contributed by atoms with van der Waals surface area (Å²) in [6.07, 6.45) is 1.16. The van der Waals surface area contributed by atoms with Gasteiger partial charge in [-0.15, -0.1) is 11.6 Å². The first-order valence-electron chi connectivity index (χ1n) is 7.38. The molecule has 9 heteroatoms. The van der Waals surface area contributed by atoms with Crippen molar-refractivity contribution in [3.63, 3.8) is 0 Å². The van der Waals surface area contributed by atoms with Crippen molar-refractivity contribution >= 4 is 46.7 Å². The van der Waals surface area contributed by atoms with Crippen molar-refractivity contribution in [2.45, 2.75) is 32.4 Å². The third-order valence-electron chi connectivity index (χ3n) is 2.84. The molecule has 24 heavy (non-hydrogen) atoms. The summed E-state index contributed by atoms with van der Waals surface area (Å²) in [5, 5.41) is 2.92. The van der Waals surface area contributed by atoms with Crippen LogP contribution < -0.4 is 5.32 Å². The highest BCUT2D eigenvalue weighted by atomic mass is 35.5. The van der Waals surface area contributed by atoms with E-state index in [1.165, 1.54) is 12.1 Å². The van der Waals surface area contributed by atoms with Gasteiger partial charge in [-0.3, -0.25) is 4.79 Å². The first kappa shape index (κ1) is 21.0. The van der Waals surface area contributed by atoms with Gasteiger partial charge in [-0.2, -0.15) is 0 Å². The zero-order valence-electron chi connectivity index (χ0n) is 13.2. The van der Waals surface area contributed by atoms with Crippen molar-refractivity contribution in [2.24, 2.45) is 0 Å². The largest absolute Gasteiger partial charge is 0.459 e. The number of ether oxygens (including phenoxy) is 2. The average Bonchev–Trinajstić information content (AvgIpc) is 2.54. The topological polar surface area (TPSA) is 77.5 Å². The van der Waals surface area contributed by atoms with Crippen LogP contribution in [-0.2, 0) is 25.7 Å². The van der Waals surface area contributed by atoms with Gasteiger partial charge >= 0.3 is 5.97 Å². The molecule has 1 N–H and O–H groups in total. The van der Waals surface area contributed by atoms with Crippen LogP contribution in [0.2, 0.25) is 10.3 Å². The molecule has 0 saturated carbocycles. The van der Waals surface area contributed by atoms with Crippen molar-refractivity contribution in [3.8, 4) is 0 Å². The van der Waals surface area contributed by atoms with Crippen molar-refractivity contribution < 1.29 is 19.1 Å². The number of nitrogens with one attached hydrogen (secondary N) is 1. The highest BCUT2D eigenvalue weighted by molar-refractivity contribution is 6.32. The zero-order chi connectivity index (χ0) is 17.9. The lowest BCUT2D eigenvalue weighted by Gasteiger charge is -2.17. The molecule has 0 aliphatic rings. The minimum Gasteiger partial charge on any atom is -0.459 e. The molecule has 0 fully saturated rings. The van der Waals surface area contributed by atoms with Crippen LogP contribution in [0.5, 0.6) is 0 Å². The molecule has 0 aliphatic carbocycles. The van der Waals surface area contributed by atoms with Gasteiger partial charge in [0.15, 0.2) is 0 Å². The number of esters is 1. The fourth-order valence-electron chi connectivity index (χ4n) is 1.78. The van der Waals surface area contributed by atoms with Gasteiger partial charge in [-0.25, -0.2) is 9.78 Å². The molecule has 0 radical (unpaired) electrons. The molecular weight excluding hydrogens is 379 g/mol. The van der Waals surface area contributed by atoms with E-state index in [2.05, 4.69) is 10.3 Å². The van der Waals surface area contributed by atoms with E-state index in [0.29, 0.717) is 25.2 Å². The summed E-state index contributed by atoms with van der Waals surface area (Å²) in [6.45, 7) is 2.85. The summed E-state index contributed by atoms with van der Waals surface area (Å²) in [5.41, 5.74) is 0.595. The first-order valence-corrected chi connectivity index (χ1v) is 8.67. The number of hydrogen-bond donors (Lipinski definition) is 1. The van der Waals surface area contributed by atoms with Crippen LogP contribution in [0, 0.1) is 0 Å². The van der Waals surface area contributed by atoms with Gasteiger partial charge < -0.3 is 14.8 Å². The second-order valence-corrected chi connectivity index (χ2v) is 5.93. The van der Waals surface area contributed by atoms with Gasteiger partial charge in [0.1, 0.15) is 28.8 Å². The molecule has 1 amide bonds. The van der Waals surface area contributed by atoms with E-state index in [1.54, 1.807) is 0 Å². The number of halogens is 3. The molecule has 134 valence electrons. The van der Waals surface area contributed by atoms with E-state index < -0.39 is 17.9 Å². The average molecular weight is 398 g/mol. The highest BCUT2D eigenvalue weighted by Gasteiger charge is 2.22. The van der Waals surface area contributed by atoms with Gasteiger partial charge in [-0.05, 0) is 24.1 Å².